The highest BCUT2D eigenvalue weighted by Crippen LogP contribution is 2.20. The van der Waals surface area contributed by atoms with Crippen molar-refractivity contribution in [3.8, 4) is 0 Å². The molecule has 0 atom stereocenters. The monoisotopic (exact) mass is 261 g/mol. The van der Waals surface area contributed by atoms with Gasteiger partial charge in [0.05, 0.1) is 11.8 Å². The molecule has 0 bridgehead atoms. The molecule has 0 aromatic carbocycles. The topological polar surface area (TPSA) is 46.0 Å². The Hall–Kier alpha value is -1.62. The van der Waals surface area contributed by atoms with E-state index >= 15 is 0 Å². The maximum atomic E-state index is 4.46. The highest BCUT2D eigenvalue weighted by molar-refractivity contribution is 5.86. The second-order valence-corrected chi connectivity index (χ2v) is 5.38. The standard InChI is InChI=1S/C14H23N5/c1-11(2)9-15-7-8-18(3)14-13-12(5-6-16-14)19(4)10-17-13/h5-6,10-11,15H,7-9H2,1-4H3. The normalized spacial score (nSPS) is 11.4. The van der Waals surface area contributed by atoms with E-state index in [4.69, 9.17) is 0 Å². The van der Waals surface area contributed by atoms with Gasteiger partial charge in [-0.2, -0.15) is 0 Å². The van der Waals surface area contributed by atoms with Crippen molar-refractivity contribution >= 4 is 16.9 Å². The van der Waals surface area contributed by atoms with Gasteiger partial charge in [-0.1, -0.05) is 13.8 Å². The molecular formula is C14H23N5. The predicted octanol–water partition coefficient (Wildman–Crippen LogP) is 1.65. The van der Waals surface area contributed by atoms with E-state index < -0.39 is 0 Å². The molecule has 2 aromatic heterocycles. The molecule has 0 saturated heterocycles. The molecule has 2 rings (SSSR count). The summed E-state index contributed by atoms with van der Waals surface area (Å²) in [4.78, 5) is 11.0. The molecule has 0 aliphatic carbocycles. The molecule has 104 valence electrons. The molecule has 0 spiro atoms. The third kappa shape index (κ3) is 3.23. The lowest BCUT2D eigenvalue weighted by Crippen LogP contribution is -2.31. The zero-order chi connectivity index (χ0) is 13.8. The lowest BCUT2D eigenvalue weighted by Gasteiger charge is -2.19. The summed E-state index contributed by atoms with van der Waals surface area (Å²) in [5.41, 5.74) is 2.09. The number of rotatable bonds is 6. The number of aromatic nitrogens is 3. The Labute approximate surface area is 114 Å². The van der Waals surface area contributed by atoms with Crippen LogP contribution in [0.4, 0.5) is 5.82 Å². The number of fused-ring (bicyclic) bond motifs is 1. The van der Waals surface area contributed by atoms with Crippen molar-refractivity contribution < 1.29 is 0 Å². The smallest absolute Gasteiger partial charge is 0.156 e. The number of hydrogen-bond donors (Lipinski definition) is 1. The van der Waals surface area contributed by atoms with E-state index in [9.17, 15) is 0 Å². The van der Waals surface area contributed by atoms with E-state index in [1.165, 1.54) is 0 Å². The zero-order valence-corrected chi connectivity index (χ0v) is 12.2. The lowest BCUT2D eigenvalue weighted by atomic mass is 10.2. The molecule has 2 heterocycles. The Morgan fingerprint density at radius 1 is 1.37 bits per heavy atom. The molecule has 5 nitrogen and oxygen atoms in total. The Kier molecular flexibility index (Phi) is 4.37. The number of anilines is 1. The van der Waals surface area contributed by atoms with Crippen molar-refractivity contribution in [2.75, 3.05) is 31.6 Å². The molecule has 0 radical (unpaired) electrons. The van der Waals surface area contributed by atoms with Crippen molar-refractivity contribution in [3.63, 3.8) is 0 Å². The van der Waals surface area contributed by atoms with Gasteiger partial charge >= 0.3 is 0 Å². The molecule has 0 saturated carbocycles. The summed E-state index contributed by atoms with van der Waals surface area (Å²) in [7, 11) is 4.07. The van der Waals surface area contributed by atoms with Crippen LogP contribution in [-0.4, -0.2) is 41.2 Å². The van der Waals surface area contributed by atoms with Crippen molar-refractivity contribution in [2.45, 2.75) is 13.8 Å². The fraction of sp³-hybridized carbons (Fsp3) is 0.571. The number of aryl methyl sites for hydroxylation is 1. The maximum absolute atomic E-state index is 4.46. The van der Waals surface area contributed by atoms with Gasteiger partial charge in [-0.15, -0.1) is 0 Å². The second-order valence-electron chi connectivity index (χ2n) is 5.38. The minimum Gasteiger partial charge on any atom is -0.357 e. The summed E-state index contributed by atoms with van der Waals surface area (Å²) >= 11 is 0. The van der Waals surface area contributed by atoms with Crippen molar-refractivity contribution in [1.82, 2.24) is 19.9 Å². The number of pyridine rings is 1. The molecule has 0 amide bonds. The Morgan fingerprint density at radius 3 is 2.89 bits per heavy atom. The van der Waals surface area contributed by atoms with Gasteiger partial charge in [0.25, 0.3) is 0 Å². The SMILES string of the molecule is CC(C)CNCCN(C)c1nccc2c1ncn2C. The average molecular weight is 261 g/mol. The lowest BCUT2D eigenvalue weighted by molar-refractivity contribution is 0.554. The summed E-state index contributed by atoms with van der Waals surface area (Å²) in [6.45, 7) is 7.36. The number of nitrogens with one attached hydrogen (secondary N) is 1. The van der Waals surface area contributed by atoms with Gasteiger partial charge in [-0.05, 0) is 18.5 Å². The Balaban J connectivity index is 2.03. The van der Waals surface area contributed by atoms with Gasteiger partial charge in [-0.3, -0.25) is 0 Å². The number of likely N-dealkylation sites (N-methyl/N-ethyl adjacent to an activating group) is 1. The van der Waals surface area contributed by atoms with Crippen LogP contribution in [0.25, 0.3) is 11.0 Å². The van der Waals surface area contributed by atoms with E-state index in [0.29, 0.717) is 5.92 Å². The molecule has 0 aliphatic heterocycles. The first kappa shape index (κ1) is 13.8. The fourth-order valence-corrected chi connectivity index (χ4v) is 2.07. The van der Waals surface area contributed by atoms with Gasteiger partial charge in [0.2, 0.25) is 0 Å². The molecule has 0 fully saturated rings. The van der Waals surface area contributed by atoms with Crippen molar-refractivity contribution in [1.29, 1.82) is 0 Å². The minimum atomic E-state index is 0.683. The van der Waals surface area contributed by atoms with E-state index in [-0.39, 0.29) is 0 Å². The van der Waals surface area contributed by atoms with Crippen LogP contribution in [0.1, 0.15) is 13.8 Å². The largest absolute Gasteiger partial charge is 0.357 e. The third-order valence-electron chi connectivity index (χ3n) is 3.16. The van der Waals surface area contributed by atoms with Gasteiger partial charge in [0.1, 0.15) is 5.52 Å². The molecule has 0 aliphatic rings. The zero-order valence-electron chi connectivity index (χ0n) is 12.2. The number of nitrogens with zero attached hydrogens (tertiary/aromatic N) is 4. The van der Waals surface area contributed by atoms with Gasteiger partial charge in [0.15, 0.2) is 5.82 Å². The minimum absolute atomic E-state index is 0.683. The van der Waals surface area contributed by atoms with Crippen LogP contribution in [0.5, 0.6) is 0 Å². The second kappa shape index (κ2) is 6.02. The summed E-state index contributed by atoms with van der Waals surface area (Å²) in [6.07, 6.45) is 3.68. The van der Waals surface area contributed by atoms with Gasteiger partial charge in [-0.25, -0.2) is 9.97 Å². The van der Waals surface area contributed by atoms with Crippen LogP contribution in [-0.2, 0) is 7.05 Å². The highest BCUT2D eigenvalue weighted by atomic mass is 15.2. The fourth-order valence-electron chi connectivity index (χ4n) is 2.07. The summed E-state index contributed by atoms with van der Waals surface area (Å²) < 4.78 is 2.02. The number of hydrogen-bond acceptors (Lipinski definition) is 4. The summed E-state index contributed by atoms with van der Waals surface area (Å²) in [5, 5.41) is 3.44. The third-order valence-corrected chi connectivity index (χ3v) is 3.16. The summed E-state index contributed by atoms with van der Waals surface area (Å²) in [5.74, 6) is 1.63. The summed E-state index contributed by atoms with van der Waals surface area (Å²) in [6, 6.07) is 2.00. The molecular weight excluding hydrogens is 238 g/mol. The first-order valence-corrected chi connectivity index (χ1v) is 6.77. The van der Waals surface area contributed by atoms with Crippen LogP contribution in [0.3, 0.4) is 0 Å². The number of imidazole rings is 1. The molecule has 0 unspecified atom stereocenters. The first-order valence-electron chi connectivity index (χ1n) is 6.77. The highest BCUT2D eigenvalue weighted by Gasteiger charge is 2.10. The van der Waals surface area contributed by atoms with Crippen LogP contribution >= 0.6 is 0 Å². The van der Waals surface area contributed by atoms with Crippen LogP contribution in [0.15, 0.2) is 18.6 Å². The Morgan fingerprint density at radius 2 is 2.16 bits per heavy atom. The van der Waals surface area contributed by atoms with Gasteiger partial charge < -0.3 is 14.8 Å². The van der Waals surface area contributed by atoms with Crippen molar-refractivity contribution in [3.05, 3.63) is 18.6 Å². The van der Waals surface area contributed by atoms with Crippen molar-refractivity contribution in [2.24, 2.45) is 13.0 Å². The van der Waals surface area contributed by atoms with Crippen LogP contribution in [0, 0.1) is 5.92 Å². The molecule has 2 aromatic rings. The van der Waals surface area contributed by atoms with Gasteiger partial charge in [0, 0.05) is 33.4 Å². The maximum Gasteiger partial charge on any atom is 0.156 e. The first-order chi connectivity index (χ1) is 9.09. The average Bonchev–Trinajstić information content (AvgIpc) is 2.76. The molecule has 1 N–H and O–H groups in total. The van der Waals surface area contributed by atoms with E-state index in [1.807, 2.05) is 30.2 Å². The van der Waals surface area contributed by atoms with E-state index in [2.05, 4.69) is 41.1 Å². The van der Waals surface area contributed by atoms with Crippen LogP contribution < -0.4 is 10.2 Å². The molecule has 19 heavy (non-hydrogen) atoms. The molecule has 5 heteroatoms. The quantitative estimate of drug-likeness (QED) is 0.803. The van der Waals surface area contributed by atoms with Crippen LogP contribution in [0.2, 0.25) is 0 Å². The van der Waals surface area contributed by atoms with E-state index in [1.54, 1.807) is 0 Å². The predicted molar refractivity (Wildman–Crippen MR) is 79.5 cm³/mol. The Bertz CT molecular complexity index is 532. The van der Waals surface area contributed by atoms with E-state index in [0.717, 1.165) is 36.5 Å².